The fourth-order valence-corrected chi connectivity index (χ4v) is 4.29. The topological polar surface area (TPSA) is 92.2 Å². The second-order valence-corrected chi connectivity index (χ2v) is 8.53. The lowest BCUT2D eigenvalue weighted by molar-refractivity contribution is 0.0952. The number of nitrogens with one attached hydrogen (secondary N) is 2. The van der Waals surface area contributed by atoms with Crippen LogP contribution in [0.3, 0.4) is 0 Å². The van der Waals surface area contributed by atoms with Gasteiger partial charge in [0.1, 0.15) is 0 Å². The molecule has 0 radical (unpaired) electrons. The van der Waals surface area contributed by atoms with Gasteiger partial charge in [-0.05, 0) is 51.0 Å². The van der Waals surface area contributed by atoms with Crippen molar-refractivity contribution in [2.24, 2.45) is 0 Å². The highest BCUT2D eigenvalue weighted by molar-refractivity contribution is 6.07. The summed E-state index contributed by atoms with van der Waals surface area (Å²) in [6.45, 7) is 11.1. The number of aromatic nitrogens is 3. The lowest BCUT2D eigenvalue weighted by Crippen LogP contribution is -2.36. The molecule has 3 aromatic rings. The molecule has 3 heterocycles. The first kappa shape index (κ1) is 22.1. The third kappa shape index (κ3) is 4.27. The summed E-state index contributed by atoms with van der Waals surface area (Å²) in [4.78, 5) is 30.9. The van der Waals surface area contributed by atoms with Crippen LogP contribution in [0.1, 0.15) is 54.0 Å². The first-order chi connectivity index (χ1) is 15.4. The first-order valence-corrected chi connectivity index (χ1v) is 11.2. The van der Waals surface area contributed by atoms with E-state index in [9.17, 15) is 9.59 Å². The number of carbonyl (C=O) groups is 1. The molecule has 8 nitrogen and oxygen atoms in total. The van der Waals surface area contributed by atoms with Crippen molar-refractivity contribution >= 4 is 22.5 Å². The molecule has 32 heavy (non-hydrogen) atoms. The smallest absolute Gasteiger partial charge is 0.253 e. The van der Waals surface area contributed by atoms with Gasteiger partial charge in [-0.3, -0.25) is 14.3 Å². The van der Waals surface area contributed by atoms with Crippen molar-refractivity contribution in [1.29, 1.82) is 0 Å². The Hall–Kier alpha value is -3.13. The van der Waals surface area contributed by atoms with Crippen LogP contribution in [0.15, 0.2) is 29.2 Å². The van der Waals surface area contributed by atoms with E-state index in [1.165, 1.54) is 0 Å². The first-order valence-electron chi connectivity index (χ1n) is 11.2. The quantitative estimate of drug-likeness (QED) is 0.619. The van der Waals surface area contributed by atoms with E-state index in [1.54, 1.807) is 6.20 Å². The molecule has 0 unspecified atom stereocenters. The highest BCUT2D eigenvalue weighted by Crippen LogP contribution is 2.29. The van der Waals surface area contributed by atoms with E-state index in [1.807, 2.05) is 30.7 Å². The molecule has 1 amide bonds. The number of amides is 1. The number of benzene rings is 1. The average Bonchev–Trinajstić information content (AvgIpc) is 3.22. The van der Waals surface area contributed by atoms with Crippen LogP contribution >= 0.6 is 0 Å². The van der Waals surface area contributed by atoms with E-state index in [0.29, 0.717) is 24.3 Å². The molecule has 1 saturated heterocycles. The molecule has 8 heteroatoms. The molecule has 1 aliphatic rings. The summed E-state index contributed by atoms with van der Waals surface area (Å²) >= 11 is 0. The minimum atomic E-state index is -0.213. The Morgan fingerprint density at radius 1 is 1.25 bits per heavy atom. The number of pyridine rings is 1. The van der Waals surface area contributed by atoms with Crippen molar-refractivity contribution in [3.63, 3.8) is 0 Å². The maximum absolute atomic E-state index is 13.3. The zero-order chi connectivity index (χ0) is 22.8. The number of morpholine rings is 1. The van der Waals surface area contributed by atoms with Crippen LogP contribution in [-0.4, -0.2) is 47.0 Å². The van der Waals surface area contributed by atoms with Gasteiger partial charge in [-0.25, -0.2) is 0 Å². The molecule has 1 fully saturated rings. The van der Waals surface area contributed by atoms with Crippen molar-refractivity contribution < 1.29 is 9.53 Å². The molecular weight excluding hydrogens is 406 g/mol. The Kier molecular flexibility index (Phi) is 6.32. The van der Waals surface area contributed by atoms with E-state index >= 15 is 0 Å². The normalized spacial score (nSPS) is 14.3. The standard InChI is InChI=1S/C24H31N5O3/c1-5-17-10-16(4)27-24(31)20(17)13-25-23(30)19-11-18(28-6-8-32-9-7-28)12-22-21(19)14-26-29(22)15(2)3/h10-12,14-15H,5-9,13H2,1-4H3,(H,25,30)(H,27,31). The molecule has 0 atom stereocenters. The van der Waals surface area contributed by atoms with Gasteiger partial charge >= 0.3 is 0 Å². The van der Waals surface area contributed by atoms with E-state index in [-0.39, 0.29) is 24.1 Å². The van der Waals surface area contributed by atoms with Crippen LogP contribution in [0.5, 0.6) is 0 Å². The van der Waals surface area contributed by atoms with Gasteiger partial charge in [0.05, 0.1) is 30.5 Å². The van der Waals surface area contributed by atoms with Crippen molar-refractivity contribution in [2.45, 2.75) is 46.7 Å². The lowest BCUT2D eigenvalue weighted by Gasteiger charge is -2.29. The Morgan fingerprint density at radius 2 is 2.00 bits per heavy atom. The molecule has 0 saturated carbocycles. The molecule has 0 aliphatic carbocycles. The van der Waals surface area contributed by atoms with E-state index in [0.717, 1.165) is 47.4 Å². The zero-order valence-electron chi connectivity index (χ0n) is 19.2. The van der Waals surface area contributed by atoms with Crippen LogP contribution in [0.25, 0.3) is 10.9 Å². The molecule has 1 aromatic carbocycles. The minimum Gasteiger partial charge on any atom is -0.378 e. The fraction of sp³-hybridized carbons (Fsp3) is 0.458. The largest absolute Gasteiger partial charge is 0.378 e. The van der Waals surface area contributed by atoms with Crippen molar-refractivity contribution in [2.75, 3.05) is 31.2 Å². The second kappa shape index (κ2) is 9.16. The van der Waals surface area contributed by atoms with Crippen molar-refractivity contribution in [3.05, 3.63) is 57.1 Å². The van der Waals surface area contributed by atoms with E-state index in [4.69, 9.17) is 4.74 Å². The van der Waals surface area contributed by atoms with Crippen LogP contribution in [0.4, 0.5) is 5.69 Å². The summed E-state index contributed by atoms with van der Waals surface area (Å²) in [7, 11) is 0. The molecule has 2 aromatic heterocycles. The average molecular weight is 438 g/mol. The maximum atomic E-state index is 13.3. The molecule has 0 spiro atoms. The number of hydrogen-bond donors (Lipinski definition) is 2. The zero-order valence-corrected chi connectivity index (χ0v) is 19.2. The fourth-order valence-electron chi connectivity index (χ4n) is 4.29. The Balaban J connectivity index is 1.70. The Morgan fingerprint density at radius 3 is 2.69 bits per heavy atom. The van der Waals surface area contributed by atoms with Gasteiger partial charge in [-0.2, -0.15) is 5.10 Å². The number of nitrogens with zero attached hydrogens (tertiary/aromatic N) is 3. The molecule has 2 N–H and O–H groups in total. The van der Waals surface area contributed by atoms with Crippen LogP contribution in [0, 0.1) is 6.92 Å². The number of H-pyrrole nitrogens is 1. The number of aryl methyl sites for hydroxylation is 2. The third-order valence-corrected chi connectivity index (χ3v) is 5.98. The van der Waals surface area contributed by atoms with Gasteiger partial charge < -0.3 is 19.9 Å². The maximum Gasteiger partial charge on any atom is 0.253 e. The van der Waals surface area contributed by atoms with Crippen LogP contribution in [0.2, 0.25) is 0 Å². The summed E-state index contributed by atoms with van der Waals surface area (Å²) in [6, 6.07) is 6.16. The number of ether oxygens (including phenoxy) is 1. The Labute approximate surface area is 187 Å². The minimum absolute atomic E-state index is 0.151. The van der Waals surface area contributed by atoms with Crippen molar-refractivity contribution in [3.8, 4) is 0 Å². The number of rotatable bonds is 6. The van der Waals surface area contributed by atoms with Gasteiger partial charge in [0, 0.05) is 48.0 Å². The summed E-state index contributed by atoms with van der Waals surface area (Å²) in [5.74, 6) is -0.213. The Bertz CT molecular complexity index is 1190. The van der Waals surface area contributed by atoms with Crippen molar-refractivity contribution in [1.82, 2.24) is 20.1 Å². The predicted molar refractivity (Wildman–Crippen MR) is 125 cm³/mol. The number of fused-ring (bicyclic) bond motifs is 1. The summed E-state index contributed by atoms with van der Waals surface area (Å²) in [6.07, 6.45) is 2.48. The number of aromatic amines is 1. The molecule has 170 valence electrons. The van der Waals surface area contributed by atoms with Crippen LogP contribution < -0.4 is 15.8 Å². The SMILES string of the molecule is CCc1cc(C)[nH]c(=O)c1CNC(=O)c1cc(N2CCOCC2)cc2c1cnn2C(C)C. The number of carbonyl (C=O) groups excluding carboxylic acids is 1. The monoisotopic (exact) mass is 437 g/mol. The highest BCUT2D eigenvalue weighted by Gasteiger charge is 2.20. The van der Waals surface area contributed by atoms with E-state index in [2.05, 4.69) is 40.2 Å². The molecule has 1 aliphatic heterocycles. The highest BCUT2D eigenvalue weighted by atomic mass is 16.5. The molecule has 0 bridgehead atoms. The second-order valence-electron chi connectivity index (χ2n) is 8.53. The van der Waals surface area contributed by atoms with Gasteiger partial charge in [0.2, 0.25) is 0 Å². The van der Waals surface area contributed by atoms with Gasteiger partial charge in [0.25, 0.3) is 11.5 Å². The van der Waals surface area contributed by atoms with Gasteiger partial charge in [-0.1, -0.05) is 6.92 Å². The van der Waals surface area contributed by atoms with Gasteiger partial charge in [-0.15, -0.1) is 0 Å². The number of hydrogen-bond acceptors (Lipinski definition) is 5. The number of anilines is 1. The lowest BCUT2D eigenvalue weighted by atomic mass is 10.0. The molecule has 4 rings (SSSR count). The molecular formula is C24H31N5O3. The van der Waals surface area contributed by atoms with Crippen LogP contribution in [-0.2, 0) is 17.7 Å². The van der Waals surface area contributed by atoms with E-state index < -0.39 is 0 Å². The third-order valence-electron chi connectivity index (χ3n) is 5.98. The summed E-state index contributed by atoms with van der Waals surface area (Å²) < 4.78 is 7.43. The summed E-state index contributed by atoms with van der Waals surface area (Å²) in [5, 5.41) is 8.31. The predicted octanol–water partition coefficient (Wildman–Crippen LogP) is 2.94. The summed E-state index contributed by atoms with van der Waals surface area (Å²) in [5.41, 5.74) is 4.70. The van der Waals surface area contributed by atoms with Gasteiger partial charge in [0.15, 0.2) is 0 Å².